The lowest BCUT2D eigenvalue weighted by Crippen LogP contribution is -2.36. The predicted molar refractivity (Wildman–Crippen MR) is 88.6 cm³/mol. The molecule has 1 aromatic carbocycles. The molecule has 0 saturated carbocycles. The molecule has 1 aromatic heterocycles. The van der Waals surface area contributed by atoms with E-state index in [1.807, 2.05) is 37.3 Å². The lowest BCUT2D eigenvalue weighted by atomic mass is 10.1. The highest BCUT2D eigenvalue weighted by Gasteiger charge is 2.32. The largest absolute Gasteiger partial charge is 0.481 e. The van der Waals surface area contributed by atoms with Crippen LogP contribution in [0.4, 0.5) is 0 Å². The highest BCUT2D eigenvalue weighted by Crippen LogP contribution is 2.31. The van der Waals surface area contributed by atoms with Crippen molar-refractivity contribution >= 4 is 23.2 Å². The summed E-state index contributed by atoms with van der Waals surface area (Å²) < 4.78 is 0. The fraction of sp³-hybridized carbons (Fsp3) is 0.353. The van der Waals surface area contributed by atoms with Crippen molar-refractivity contribution in [3.05, 3.63) is 40.9 Å². The summed E-state index contributed by atoms with van der Waals surface area (Å²) in [6, 6.07) is 9.55. The van der Waals surface area contributed by atoms with E-state index in [9.17, 15) is 9.59 Å². The number of nitrogens with zero attached hydrogens (tertiary/aromatic N) is 2. The molecular weight excluding hydrogens is 312 g/mol. The molecule has 1 N–H and O–H groups in total. The summed E-state index contributed by atoms with van der Waals surface area (Å²) in [5.74, 6) is -0.952. The van der Waals surface area contributed by atoms with Crippen LogP contribution < -0.4 is 0 Å². The second-order valence-corrected chi connectivity index (χ2v) is 6.69. The summed E-state index contributed by atoms with van der Waals surface area (Å²) in [5.41, 5.74) is 1.70. The van der Waals surface area contributed by atoms with Crippen molar-refractivity contribution in [3.63, 3.8) is 0 Å². The standard InChI is InChI=1S/C17H18N2O3S/c1-11-15(23-16(18-11)12-6-3-2-4-7-12)17(22)19-9-5-8-13(19)10-14(20)21/h2-4,6-7,13H,5,8-10H2,1H3,(H,20,21). The Bertz CT molecular complexity index is 727. The molecule has 120 valence electrons. The maximum atomic E-state index is 12.8. The number of hydrogen-bond acceptors (Lipinski definition) is 4. The second kappa shape index (κ2) is 6.50. The number of thiazole rings is 1. The molecule has 5 nitrogen and oxygen atoms in total. The van der Waals surface area contributed by atoms with Crippen LogP contribution in [0, 0.1) is 6.92 Å². The number of benzene rings is 1. The van der Waals surface area contributed by atoms with Crippen molar-refractivity contribution in [2.24, 2.45) is 0 Å². The van der Waals surface area contributed by atoms with E-state index >= 15 is 0 Å². The van der Waals surface area contributed by atoms with Crippen molar-refractivity contribution in [1.82, 2.24) is 9.88 Å². The van der Waals surface area contributed by atoms with Gasteiger partial charge in [-0.1, -0.05) is 30.3 Å². The summed E-state index contributed by atoms with van der Waals surface area (Å²) in [6.07, 6.45) is 1.61. The number of aliphatic carboxylic acids is 1. The van der Waals surface area contributed by atoms with Crippen LogP contribution in [0.5, 0.6) is 0 Å². The quantitative estimate of drug-likeness (QED) is 0.934. The molecule has 1 atom stereocenters. The number of rotatable bonds is 4. The van der Waals surface area contributed by atoms with Crippen molar-refractivity contribution < 1.29 is 14.7 Å². The van der Waals surface area contributed by atoms with Gasteiger partial charge in [0.25, 0.3) is 5.91 Å². The van der Waals surface area contributed by atoms with Crippen LogP contribution in [-0.4, -0.2) is 39.5 Å². The molecule has 1 aliphatic rings. The van der Waals surface area contributed by atoms with E-state index in [2.05, 4.69) is 4.98 Å². The van der Waals surface area contributed by atoms with Crippen LogP contribution in [0.25, 0.3) is 10.6 Å². The number of hydrogen-bond donors (Lipinski definition) is 1. The first-order chi connectivity index (χ1) is 11.1. The minimum atomic E-state index is -0.860. The molecule has 2 heterocycles. The number of amides is 1. The molecule has 3 rings (SSSR count). The van der Waals surface area contributed by atoms with Gasteiger partial charge < -0.3 is 10.0 Å². The Hall–Kier alpha value is -2.21. The Morgan fingerprint density at radius 1 is 1.35 bits per heavy atom. The summed E-state index contributed by atoms with van der Waals surface area (Å²) >= 11 is 1.38. The fourth-order valence-corrected chi connectivity index (χ4v) is 3.97. The SMILES string of the molecule is Cc1nc(-c2ccccc2)sc1C(=O)N1CCCC1CC(=O)O. The van der Waals surface area contributed by atoms with Crippen molar-refractivity contribution in [2.45, 2.75) is 32.2 Å². The van der Waals surface area contributed by atoms with Gasteiger partial charge in [-0.25, -0.2) is 4.98 Å². The highest BCUT2D eigenvalue weighted by atomic mass is 32.1. The van der Waals surface area contributed by atoms with Gasteiger partial charge in [0.2, 0.25) is 0 Å². The first-order valence-corrected chi connectivity index (χ1v) is 8.43. The average Bonchev–Trinajstić information content (AvgIpc) is 3.14. The molecule has 1 fully saturated rings. The molecule has 23 heavy (non-hydrogen) atoms. The molecular formula is C17H18N2O3S. The number of likely N-dealkylation sites (tertiary alicyclic amines) is 1. The third-order valence-electron chi connectivity index (χ3n) is 4.06. The van der Waals surface area contributed by atoms with Gasteiger partial charge in [0, 0.05) is 18.2 Å². The zero-order valence-corrected chi connectivity index (χ0v) is 13.7. The maximum Gasteiger partial charge on any atom is 0.305 e. The molecule has 1 saturated heterocycles. The first kappa shape index (κ1) is 15.7. The number of carbonyl (C=O) groups is 2. The number of aryl methyl sites for hydroxylation is 1. The summed E-state index contributed by atoms with van der Waals surface area (Å²) in [4.78, 5) is 30.6. The first-order valence-electron chi connectivity index (χ1n) is 7.62. The van der Waals surface area contributed by atoms with E-state index in [0.29, 0.717) is 17.1 Å². The van der Waals surface area contributed by atoms with Gasteiger partial charge in [-0.15, -0.1) is 11.3 Å². The van der Waals surface area contributed by atoms with Gasteiger partial charge in [0.1, 0.15) is 9.88 Å². The maximum absolute atomic E-state index is 12.8. The Morgan fingerprint density at radius 2 is 2.09 bits per heavy atom. The van der Waals surface area contributed by atoms with Crippen LogP contribution in [-0.2, 0) is 4.79 Å². The van der Waals surface area contributed by atoms with Crippen molar-refractivity contribution in [3.8, 4) is 10.6 Å². The van der Waals surface area contributed by atoms with Gasteiger partial charge in [0.05, 0.1) is 12.1 Å². The summed E-state index contributed by atoms with van der Waals surface area (Å²) in [5, 5.41) is 9.82. The Morgan fingerprint density at radius 3 is 2.78 bits per heavy atom. The number of aromatic nitrogens is 1. The zero-order chi connectivity index (χ0) is 16.4. The molecule has 0 radical (unpaired) electrons. The van der Waals surface area contributed by atoms with Crippen LogP contribution >= 0.6 is 11.3 Å². The second-order valence-electron chi connectivity index (χ2n) is 5.69. The number of carbonyl (C=O) groups excluding carboxylic acids is 1. The van der Waals surface area contributed by atoms with E-state index in [4.69, 9.17) is 5.11 Å². The van der Waals surface area contributed by atoms with Crippen LogP contribution in [0.3, 0.4) is 0 Å². The molecule has 0 bridgehead atoms. The normalized spacial score (nSPS) is 17.4. The molecule has 1 unspecified atom stereocenters. The van der Waals surface area contributed by atoms with E-state index in [-0.39, 0.29) is 18.4 Å². The van der Waals surface area contributed by atoms with Gasteiger partial charge in [-0.2, -0.15) is 0 Å². The number of carboxylic acids is 1. The lowest BCUT2D eigenvalue weighted by molar-refractivity contribution is -0.137. The van der Waals surface area contributed by atoms with Crippen LogP contribution in [0.1, 0.15) is 34.6 Å². The summed E-state index contributed by atoms with van der Waals surface area (Å²) in [7, 11) is 0. The van der Waals surface area contributed by atoms with Gasteiger partial charge in [-0.05, 0) is 19.8 Å². The van der Waals surface area contributed by atoms with Crippen molar-refractivity contribution in [1.29, 1.82) is 0 Å². The zero-order valence-electron chi connectivity index (χ0n) is 12.9. The molecule has 1 amide bonds. The topological polar surface area (TPSA) is 70.5 Å². The minimum Gasteiger partial charge on any atom is -0.481 e. The van der Waals surface area contributed by atoms with E-state index < -0.39 is 5.97 Å². The Kier molecular flexibility index (Phi) is 4.43. The van der Waals surface area contributed by atoms with Crippen molar-refractivity contribution in [2.75, 3.05) is 6.54 Å². The van der Waals surface area contributed by atoms with E-state index in [1.165, 1.54) is 11.3 Å². The van der Waals surface area contributed by atoms with Gasteiger partial charge in [-0.3, -0.25) is 9.59 Å². The Labute approximate surface area is 138 Å². The van der Waals surface area contributed by atoms with Crippen LogP contribution in [0.2, 0.25) is 0 Å². The molecule has 6 heteroatoms. The van der Waals surface area contributed by atoms with E-state index in [0.717, 1.165) is 23.4 Å². The average molecular weight is 330 g/mol. The minimum absolute atomic E-state index is 0.00906. The van der Waals surface area contributed by atoms with E-state index in [1.54, 1.807) is 4.90 Å². The smallest absolute Gasteiger partial charge is 0.305 e. The molecule has 0 aliphatic carbocycles. The van der Waals surface area contributed by atoms with Gasteiger partial charge >= 0.3 is 5.97 Å². The predicted octanol–water partition coefficient (Wildman–Crippen LogP) is 3.20. The molecule has 1 aliphatic heterocycles. The van der Waals surface area contributed by atoms with Crippen LogP contribution in [0.15, 0.2) is 30.3 Å². The fourth-order valence-electron chi connectivity index (χ4n) is 2.95. The van der Waals surface area contributed by atoms with Gasteiger partial charge in [0.15, 0.2) is 0 Å². The number of carboxylic acid groups (broad SMARTS) is 1. The lowest BCUT2D eigenvalue weighted by Gasteiger charge is -2.22. The third kappa shape index (κ3) is 3.27. The highest BCUT2D eigenvalue weighted by molar-refractivity contribution is 7.17. The molecule has 2 aromatic rings. The monoisotopic (exact) mass is 330 g/mol. The Balaban J connectivity index is 1.85. The summed E-state index contributed by atoms with van der Waals surface area (Å²) in [6.45, 7) is 2.45. The third-order valence-corrected chi connectivity index (χ3v) is 5.25. The molecule has 0 spiro atoms.